The van der Waals surface area contributed by atoms with Crippen LogP contribution in [-0.2, 0) is 17.8 Å². The SMILES string of the molecule is COc1ccccc1CC(C)N(Cc1ccccc1)C(=O)C(C)C1CNC1.Cl. The molecule has 5 heteroatoms. The fourth-order valence-electron chi connectivity index (χ4n) is 3.66. The summed E-state index contributed by atoms with van der Waals surface area (Å²) < 4.78 is 5.51. The van der Waals surface area contributed by atoms with Crippen molar-refractivity contribution in [3.8, 4) is 5.75 Å². The van der Waals surface area contributed by atoms with Gasteiger partial charge in [0.25, 0.3) is 0 Å². The zero-order valence-electron chi connectivity index (χ0n) is 16.9. The number of ether oxygens (including phenoxy) is 1. The lowest BCUT2D eigenvalue weighted by molar-refractivity contribution is -0.140. The molecule has 1 aliphatic rings. The number of amides is 1. The van der Waals surface area contributed by atoms with Crippen molar-refractivity contribution in [3.63, 3.8) is 0 Å². The normalized spacial score (nSPS) is 15.7. The molecule has 3 rings (SSSR count). The molecule has 1 aliphatic heterocycles. The van der Waals surface area contributed by atoms with E-state index in [2.05, 4.69) is 37.4 Å². The number of carbonyl (C=O) groups excluding carboxylic acids is 1. The Morgan fingerprint density at radius 1 is 1.11 bits per heavy atom. The van der Waals surface area contributed by atoms with Gasteiger partial charge < -0.3 is 15.0 Å². The fraction of sp³-hybridized carbons (Fsp3) is 0.435. The largest absolute Gasteiger partial charge is 0.496 e. The molecule has 2 unspecified atom stereocenters. The van der Waals surface area contributed by atoms with Crippen molar-refractivity contribution in [1.29, 1.82) is 0 Å². The average Bonchev–Trinajstić information content (AvgIpc) is 2.65. The van der Waals surface area contributed by atoms with Crippen molar-refractivity contribution in [2.75, 3.05) is 20.2 Å². The van der Waals surface area contributed by atoms with Gasteiger partial charge in [0, 0.05) is 18.5 Å². The Kier molecular flexibility index (Phi) is 8.34. The Labute approximate surface area is 174 Å². The predicted molar refractivity (Wildman–Crippen MR) is 116 cm³/mol. The second-order valence-corrected chi connectivity index (χ2v) is 7.52. The number of benzene rings is 2. The van der Waals surface area contributed by atoms with Gasteiger partial charge in [-0.05, 0) is 49.5 Å². The first-order valence-electron chi connectivity index (χ1n) is 9.77. The molecule has 4 nitrogen and oxygen atoms in total. The highest BCUT2D eigenvalue weighted by Gasteiger charge is 2.33. The zero-order chi connectivity index (χ0) is 19.2. The molecule has 1 heterocycles. The third kappa shape index (κ3) is 5.27. The average molecular weight is 403 g/mol. The van der Waals surface area contributed by atoms with E-state index in [1.807, 2.05) is 41.3 Å². The molecule has 1 amide bonds. The van der Waals surface area contributed by atoms with Crippen LogP contribution in [0.3, 0.4) is 0 Å². The Bertz CT molecular complexity index is 749. The monoisotopic (exact) mass is 402 g/mol. The van der Waals surface area contributed by atoms with Crippen molar-refractivity contribution < 1.29 is 9.53 Å². The summed E-state index contributed by atoms with van der Waals surface area (Å²) in [5.41, 5.74) is 2.30. The molecule has 2 aromatic rings. The molecule has 0 bridgehead atoms. The number of methoxy groups -OCH3 is 1. The molecule has 1 saturated heterocycles. The zero-order valence-corrected chi connectivity index (χ0v) is 17.7. The summed E-state index contributed by atoms with van der Waals surface area (Å²) in [6.07, 6.45) is 0.776. The number of para-hydroxylation sites is 1. The van der Waals surface area contributed by atoms with E-state index in [-0.39, 0.29) is 30.3 Å². The maximum absolute atomic E-state index is 13.3. The van der Waals surface area contributed by atoms with Gasteiger partial charge in [-0.1, -0.05) is 55.5 Å². The molecular weight excluding hydrogens is 372 g/mol. The molecule has 152 valence electrons. The quantitative estimate of drug-likeness (QED) is 0.727. The van der Waals surface area contributed by atoms with E-state index in [0.717, 1.165) is 36.4 Å². The van der Waals surface area contributed by atoms with E-state index >= 15 is 0 Å². The standard InChI is InChI=1S/C23H30N2O2.ClH/c1-17(13-20-11-7-8-12-22(20)27-3)25(16-19-9-5-4-6-10-19)23(26)18(2)21-14-24-15-21;/h4-12,17-18,21,24H,13-16H2,1-3H3;1H. The molecule has 1 N–H and O–H groups in total. The summed E-state index contributed by atoms with van der Waals surface area (Å²) in [7, 11) is 1.70. The van der Waals surface area contributed by atoms with Crippen LogP contribution in [0, 0.1) is 11.8 Å². The Hall–Kier alpha value is -2.04. The van der Waals surface area contributed by atoms with Crippen molar-refractivity contribution in [1.82, 2.24) is 10.2 Å². The van der Waals surface area contributed by atoms with Gasteiger partial charge in [0.1, 0.15) is 5.75 Å². The second-order valence-electron chi connectivity index (χ2n) is 7.52. The van der Waals surface area contributed by atoms with Crippen LogP contribution in [0.2, 0.25) is 0 Å². The van der Waals surface area contributed by atoms with Crippen LogP contribution in [0.15, 0.2) is 54.6 Å². The molecule has 2 atom stereocenters. The number of hydrogen-bond acceptors (Lipinski definition) is 3. The Balaban J connectivity index is 0.00000280. The van der Waals surface area contributed by atoms with Crippen molar-refractivity contribution in [2.24, 2.45) is 11.8 Å². The molecule has 0 aromatic heterocycles. The van der Waals surface area contributed by atoms with Crippen LogP contribution >= 0.6 is 12.4 Å². The van der Waals surface area contributed by atoms with E-state index in [1.54, 1.807) is 7.11 Å². The van der Waals surface area contributed by atoms with Crippen LogP contribution in [0.25, 0.3) is 0 Å². The lowest BCUT2D eigenvalue weighted by Crippen LogP contribution is -2.52. The van der Waals surface area contributed by atoms with Crippen molar-refractivity contribution in [2.45, 2.75) is 32.9 Å². The molecular formula is C23H31ClN2O2. The molecule has 0 spiro atoms. The summed E-state index contributed by atoms with van der Waals surface area (Å²) in [5.74, 6) is 1.60. The molecule has 1 fully saturated rings. The smallest absolute Gasteiger partial charge is 0.226 e. The van der Waals surface area contributed by atoms with Gasteiger partial charge in [0.05, 0.1) is 7.11 Å². The van der Waals surface area contributed by atoms with Crippen molar-refractivity contribution >= 4 is 18.3 Å². The van der Waals surface area contributed by atoms with Gasteiger partial charge >= 0.3 is 0 Å². The summed E-state index contributed by atoms with van der Waals surface area (Å²) in [6.45, 7) is 6.72. The summed E-state index contributed by atoms with van der Waals surface area (Å²) >= 11 is 0. The van der Waals surface area contributed by atoms with E-state index in [0.29, 0.717) is 12.5 Å². The minimum absolute atomic E-state index is 0. The number of hydrogen-bond donors (Lipinski definition) is 1. The highest BCUT2D eigenvalue weighted by atomic mass is 35.5. The molecule has 0 saturated carbocycles. The number of halogens is 1. The number of rotatable bonds is 8. The van der Waals surface area contributed by atoms with E-state index in [1.165, 1.54) is 0 Å². The first-order valence-corrected chi connectivity index (χ1v) is 9.77. The predicted octanol–water partition coefficient (Wildman–Crippen LogP) is 3.93. The lowest BCUT2D eigenvalue weighted by Gasteiger charge is -2.37. The first-order chi connectivity index (χ1) is 13.1. The Morgan fingerprint density at radius 3 is 2.36 bits per heavy atom. The first kappa shape index (κ1) is 22.3. The molecule has 0 aliphatic carbocycles. The van der Waals surface area contributed by atoms with Gasteiger partial charge in [-0.15, -0.1) is 12.4 Å². The van der Waals surface area contributed by atoms with Gasteiger partial charge in [0.15, 0.2) is 0 Å². The number of nitrogens with one attached hydrogen (secondary N) is 1. The minimum Gasteiger partial charge on any atom is -0.496 e. The summed E-state index contributed by atoms with van der Waals surface area (Å²) in [5, 5.41) is 3.28. The molecule has 2 aromatic carbocycles. The van der Waals surface area contributed by atoms with Gasteiger partial charge in [-0.25, -0.2) is 0 Å². The highest BCUT2D eigenvalue weighted by Crippen LogP contribution is 2.25. The highest BCUT2D eigenvalue weighted by molar-refractivity contribution is 5.85. The van der Waals surface area contributed by atoms with Crippen LogP contribution in [0.4, 0.5) is 0 Å². The van der Waals surface area contributed by atoms with Crippen LogP contribution in [0.5, 0.6) is 5.75 Å². The van der Waals surface area contributed by atoms with E-state index in [9.17, 15) is 4.79 Å². The fourth-order valence-corrected chi connectivity index (χ4v) is 3.66. The maximum Gasteiger partial charge on any atom is 0.226 e. The van der Waals surface area contributed by atoms with Gasteiger partial charge in [-0.3, -0.25) is 4.79 Å². The third-order valence-corrected chi connectivity index (χ3v) is 5.63. The molecule has 0 radical (unpaired) electrons. The van der Waals surface area contributed by atoms with Gasteiger partial charge in [-0.2, -0.15) is 0 Å². The van der Waals surface area contributed by atoms with E-state index in [4.69, 9.17) is 4.74 Å². The summed E-state index contributed by atoms with van der Waals surface area (Å²) in [4.78, 5) is 15.4. The topological polar surface area (TPSA) is 41.6 Å². The van der Waals surface area contributed by atoms with Crippen LogP contribution in [0.1, 0.15) is 25.0 Å². The van der Waals surface area contributed by atoms with Crippen molar-refractivity contribution in [3.05, 3.63) is 65.7 Å². The number of nitrogens with zero attached hydrogens (tertiary/aromatic N) is 1. The third-order valence-electron chi connectivity index (χ3n) is 5.63. The minimum atomic E-state index is 0. The second kappa shape index (κ2) is 10.5. The van der Waals surface area contributed by atoms with Crippen LogP contribution < -0.4 is 10.1 Å². The lowest BCUT2D eigenvalue weighted by atomic mass is 9.87. The number of carbonyl (C=O) groups is 1. The van der Waals surface area contributed by atoms with E-state index < -0.39 is 0 Å². The van der Waals surface area contributed by atoms with Gasteiger partial charge in [0.2, 0.25) is 5.91 Å². The van der Waals surface area contributed by atoms with Crippen LogP contribution in [-0.4, -0.2) is 37.0 Å². The molecule has 28 heavy (non-hydrogen) atoms. The Morgan fingerprint density at radius 2 is 1.75 bits per heavy atom. The maximum atomic E-state index is 13.3. The summed E-state index contributed by atoms with van der Waals surface area (Å²) in [6, 6.07) is 18.4.